The normalized spacial score (nSPS) is 24.8. The number of imidazole rings is 1. The first-order chi connectivity index (χ1) is 11.8. The molecule has 0 bridgehead atoms. The van der Waals surface area contributed by atoms with Crippen LogP contribution < -0.4 is 5.32 Å². The van der Waals surface area contributed by atoms with E-state index in [1.54, 1.807) is 19.0 Å². The van der Waals surface area contributed by atoms with Gasteiger partial charge in [0.25, 0.3) is 0 Å². The number of piperidine rings is 1. The van der Waals surface area contributed by atoms with Gasteiger partial charge >= 0.3 is 0 Å². The number of hydrogen-bond donors (Lipinski definition) is 2. The fourth-order valence-electron chi connectivity index (χ4n) is 3.50. The van der Waals surface area contributed by atoms with Gasteiger partial charge in [0.05, 0.1) is 12.9 Å². The molecule has 2 atom stereocenters. The van der Waals surface area contributed by atoms with Crippen molar-refractivity contribution in [1.29, 1.82) is 0 Å². The Kier molecular flexibility index (Phi) is 4.29. The number of carbonyl (C=O) groups excluding carboxylic acids is 1. The summed E-state index contributed by atoms with van der Waals surface area (Å²) < 4.78 is 1.86. The van der Waals surface area contributed by atoms with Crippen LogP contribution in [0.15, 0.2) is 25.2 Å². The predicted octanol–water partition coefficient (Wildman–Crippen LogP) is 0.386. The standard InChI is InChI=1S/C16H23N7O/c24-16(14-7-13(14)15-8-17-9-19-15)21-12-1-3-22(4-2-12)5-6-23-11-18-10-20-23/h8-14H,1-7H2,(H,17,19)(H,21,24)/t13-,14-/m1/s1. The van der Waals surface area contributed by atoms with Crippen molar-refractivity contribution >= 4 is 5.91 Å². The minimum absolute atomic E-state index is 0.121. The van der Waals surface area contributed by atoms with Gasteiger partial charge in [-0.05, 0) is 19.3 Å². The lowest BCUT2D eigenvalue weighted by Crippen LogP contribution is -2.45. The largest absolute Gasteiger partial charge is 0.353 e. The van der Waals surface area contributed by atoms with Crippen LogP contribution in [0.25, 0.3) is 0 Å². The lowest BCUT2D eigenvalue weighted by Gasteiger charge is -2.32. The Morgan fingerprint density at radius 3 is 2.88 bits per heavy atom. The molecule has 2 aromatic heterocycles. The van der Waals surface area contributed by atoms with Gasteiger partial charge < -0.3 is 15.2 Å². The third kappa shape index (κ3) is 3.48. The molecule has 0 aromatic carbocycles. The van der Waals surface area contributed by atoms with Gasteiger partial charge in [-0.15, -0.1) is 0 Å². The number of rotatable bonds is 6. The van der Waals surface area contributed by atoms with Crippen molar-refractivity contribution in [3.05, 3.63) is 30.9 Å². The number of amides is 1. The van der Waals surface area contributed by atoms with Crippen molar-refractivity contribution in [1.82, 2.24) is 34.9 Å². The first-order valence-corrected chi connectivity index (χ1v) is 8.63. The number of H-pyrrole nitrogens is 1. The molecule has 1 saturated carbocycles. The van der Waals surface area contributed by atoms with Crippen molar-refractivity contribution in [3.63, 3.8) is 0 Å². The Hall–Kier alpha value is -2.22. The highest BCUT2D eigenvalue weighted by molar-refractivity contribution is 5.83. The first kappa shape index (κ1) is 15.3. The van der Waals surface area contributed by atoms with Crippen LogP contribution in [-0.4, -0.2) is 61.2 Å². The molecular formula is C16H23N7O. The van der Waals surface area contributed by atoms with Crippen molar-refractivity contribution in [2.75, 3.05) is 19.6 Å². The molecule has 1 aliphatic carbocycles. The zero-order valence-electron chi connectivity index (χ0n) is 13.6. The van der Waals surface area contributed by atoms with Crippen LogP contribution in [0.3, 0.4) is 0 Å². The molecule has 128 valence electrons. The summed E-state index contributed by atoms with van der Waals surface area (Å²) in [5.41, 5.74) is 1.08. The fraction of sp³-hybridized carbons (Fsp3) is 0.625. The third-order valence-corrected chi connectivity index (χ3v) is 5.09. The molecule has 1 aliphatic heterocycles. The maximum absolute atomic E-state index is 12.4. The first-order valence-electron chi connectivity index (χ1n) is 8.63. The van der Waals surface area contributed by atoms with Crippen LogP contribution in [0, 0.1) is 5.92 Å². The van der Waals surface area contributed by atoms with E-state index in [1.807, 2.05) is 10.9 Å². The lowest BCUT2D eigenvalue weighted by molar-refractivity contribution is -0.123. The maximum Gasteiger partial charge on any atom is 0.224 e. The predicted molar refractivity (Wildman–Crippen MR) is 87.1 cm³/mol. The van der Waals surface area contributed by atoms with E-state index in [1.165, 1.54) is 0 Å². The van der Waals surface area contributed by atoms with Crippen LogP contribution in [0.1, 0.15) is 30.9 Å². The van der Waals surface area contributed by atoms with Gasteiger partial charge in [0.2, 0.25) is 5.91 Å². The quantitative estimate of drug-likeness (QED) is 0.800. The van der Waals surface area contributed by atoms with Crippen LogP contribution in [0.2, 0.25) is 0 Å². The van der Waals surface area contributed by atoms with Crippen LogP contribution in [-0.2, 0) is 11.3 Å². The van der Waals surface area contributed by atoms with Gasteiger partial charge in [0.1, 0.15) is 12.7 Å². The molecule has 4 rings (SSSR count). The molecular weight excluding hydrogens is 306 g/mol. The van der Waals surface area contributed by atoms with E-state index in [4.69, 9.17) is 0 Å². The summed E-state index contributed by atoms with van der Waals surface area (Å²) >= 11 is 0. The second-order valence-electron chi connectivity index (χ2n) is 6.74. The van der Waals surface area contributed by atoms with Crippen LogP contribution in [0.4, 0.5) is 0 Å². The van der Waals surface area contributed by atoms with Gasteiger partial charge in [-0.3, -0.25) is 9.48 Å². The van der Waals surface area contributed by atoms with Crippen LogP contribution >= 0.6 is 0 Å². The summed E-state index contributed by atoms with van der Waals surface area (Å²) in [7, 11) is 0. The van der Waals surface area contributed by atoms with Gasteiger partial charge in [-0.25, -0.2) is 9.97 Å². The second-order valence-corrected chi connectivity index (χ2v) is 6.74. The number of aromatic nitrogens is 5. The third-order valence-electron chi connectivity index (χ3n) is 5.09. The summed E-state index contributed by atoms with van der Waals surface area (Å²) in [4.78, 5) is 25.9. The molecule has 2 aromatic rings. The molecule has 8 heteroatoms. The average Bonchev–Trinajstić information content (AvgIpc) is 3.02. The molecule has 0 spiro atoms. The second kappa shape index (κ2) is 6.72. The Morgan fingerprint density at radius 2 is 2.17 bits per heavy atom. The summed E-state index contributed by atoms with van der Waals surface area (Å²) in [5.74, 6) is 0.654. The van der Waals surface area contributed by atoms with E-state index in [0.717, 1.165) is 51.1 Å². The van der Waals surface area contributed by atoms with E-state index >= 15 is 0 Å². The zero-order valence-corrected chi connectivity index (χ0v) is 13.6. The molecule has 0 unspecified atom stereocenters. The van der Waals surface area contributed by atoms with E-state index in [0.29, 0.717) is 12.0 Å². The Morgan fingerprint density at radius 1 is 1.29 bits per heavy atom. The number of nitrogens with zero attached hydrogens (tertiary/aromatic N) is 5. The topological polar surface area (TPSA) is 91.7 Å². The minimum atomic E-state index is 0.121. The monoisotopic (exact) mass is 329 g/mol. The molecule has 24 heavy (non-hydrogen) atoms. The van der Waals surface area contributed by atoms with Crippen molar-refractivity contribution < 1.29 is 4.79 Å². The van der Waals surface area contributed by atoms with Gasteiger partial charge in [-0.2, -0.15) is 5.10 Å². The minimum Gasteiger partial charge on any atom is -0.353 e. The number of aromatic amines is 1. The van der Waals surface area contributed by atoms with Gasteiger partial charge in [0.15, 0.2) is 0 Å². The fourth-order valence-corrected chi connectivity index (χ4v) is 3.50. The molecule has 2 N–H and O–H groups in total. The highest BCUT2D eigenvalue weighted by atomic mass is 16.2. The number of carbonyl (C=O) groups is 1. The van der Waals surface area contributed by atoms with Gasteiger partial charge in [0, 0.05) is 49.4 Å². The van der Waals surface area contributed by atoms with Crippen molar-refractivity contribution in [2.45, 2.75) is 37.8 Å². The average molecular weight is 329 g/mol. The van der Waals surface area contributed by atoms with Gasteiger partial charge in [-0.1, -0.05) is 0 Å². The SMILES string of the molecule is O=C(NC1CCN(CCn2cncn2)CC1)[C@@H]1C[C@H]1c1cnc[nH]1. The van der Waals surface area contributed by atoms with E-state index in [2.05, 4.69) is 30.3 Å². The van der Waals surface area contributed by atoms with Crippen molar-refractivity contribution in [2.24, 2.45) is 5.92 Å². The lowest BCUT2D eigenvalue weighted by atomic mass is 10.0. The Balaban J connectivity index is 1.17. The van der Waals surface area contributed by atoms with E-state index in [9.17, 15) is 4.79 Å². The summed E-state index contributed by atoms with van der Waals surface area (Å²) in [6.45, 7) is 3.89. The molecule has 3 heterocycles. The summed E-state index contributed by atoms with van der Waals surface area (Å²) in [6.07, 6.45) is 9.79. The van der Waals surface area contributed by atoms with Crippen molar-refractivity contribution in [3.8, 4) is 0 Å². The number of hydrogen-bond acceptors (Lipinski definition) is 5. The maximum atomic E-state index is 12.4. The molecule has 1 saturated heterocycles. The molecule has 8 nitrogen and oxygen atoms in total. The summed E-state index contributed by atoms with van der Waals surface area (Å²) in [5, 5.41) is 7.36. The molecule has 2 aliphatic rings. The summed E-state index contributed by atoms with van der Waals surface area (Å²) in [6, 6.07) is 0.308. The molecule has 0 radical (unpaired) electrons. The molecule has 2 fully saturated rings. The highest BCUT2D eigenvalue weighted by Gasteiger charge is 2.45. The van der Waals surface area contributed by atoms with E-state index in [-0.39, 0.29) is 11.8 Å². The van der Waals surface area contributed by atoms with E-state index < -0.39 is 0 Å². The van der Waals surface area contributed by atoms with Crippen LogP contribution in [0.5, 0.6) is 0 Å². The highest BCUT2D eigenvalue weighted by Crippen LogP contribution is 2.46. The zero-order chi connectivity index (χ0) is 16.4. The number of nitrogens with one attached hydrogen (secondary N) is 2. The Bertz CT molecular complexity index is 646. The number of likely N-dealkylation sites (tertiary alicyclic amines) is 1. The smallest absolute Gasteiger partial charge is 0.224 e. The molecule has 1 amide bonds. The Labute approximate surface area is 140 Å².